The fourth-order valence-corrected chi connectivity index (χ4v) is 2.85. The van der Waals surface area contributed by atoms with E-state index in [9.17, 15) is 5.11 Å². The van der Waals surface area contributed by atoms with E-state index in [1.165, 1.54) is 0 Å². The molecule has 1 aromatic rings. The Kier molecular flexibility index (Phi) is 6.16. The second-order valence-corrected chi connectivity index (χ2v) is 5.17. The van der Waals surface area contributed by atoms with Crippen molar-refractivity contribution in [2.24, 2.45) is 10.7 Å². The molecule has 0 amide bonds. The highest BCUT2D eigenvalue weighted by atomic mass is 127. The highest BCUT2D eigenvalue weighted by Crippen LogP contribution is 2.27. The summed E-state index contributed by atoms with van der Waals surface area (Å²) in [7, 11) is 0. The van der Waals surface area contributed by atoms with Crippen LogP contribution in [-0.2, 0) is 0 Å². The van der Waals surface area contributed by atoms with Gasteiger partial charge >= 0.3 is 0 Å². The molecule has 1 atom stereocenters. The van der Waals surface area contributed by atoms with Crippen molar-refractivity contribution < 1.29 is 5.11 Å². The Morgan fingerprint density at radius 1 is 1.61 bits per heavy atom. The van der Waals surface area contributed by atoms with E-state index in [1.54, 1.807) is 18.0 Å². The minimum Gasteiger partial charge on any atom is -0.387 e. The lowest BCUT2D eigenvalue weighted by Crippen LogP contribution is -2.34. The summed E-state index contributed by atoms with van der Waals surface area (Å²) in [6, 6.07) is 5.50. The molecule has 100 valence electrons. The molecule has 4 N–H and O–H groups in total. The summed E-state index contributed by atoms with van der Waals surface area (Å²) < 4.78 is 0. The number of anilines is 1. The third-order valence-corrected chi connectivity index (χ3v) is 3.78. The minimum absolute atomic E-state index is 0. The summed E-state index contributed by atoms with van der Waals surface area (Å²) in [5.74, 6) is 2.66. The van der Waals surface area contributed by atoms with E-state index in [0.29, 0.717) is 12.4 Å². The first-order chi connectivity index (χ1) is 8.18. The predicted molar refractivity (Wildman–Crippen MR) is 86.7 cm³/mol. The summed E-state index contributed by atoms with van der Waals surface area (Å²) in [6.45, 7) is 0.339. The van der Waals surface area contributed by atoms with E-state index in [1.807, 2.05) is 18.2 Å². The average molecular weight is 380 g/mol. The smallest absolute Gasteiger partial charge is 0.194 e. The molecule has 1 aliphatic heterocycles. The maximum atomic E-state index is 10.1. The first kappa shape index (κ1) is 15.5. The van der Waals surface area contributed by atoms with Crippen LogP contribution >= 0.6 is 35.7 Å². The van der Waals surface area contributed by atoms with Gasteiger partial charge in [-0.3, -0.25) is 4.99 Å². The van der Waals surface area contributed by atoms with Gasteiger partial charge in [0.1, 0.15) is 5.82 Å². The van der Waals surface area contributed by atoms with Crippen LogP contribution in [0.15, 0.2) is 29.4 Å². The van der Waals surface area contributed by atoms with Crippen molar-refractivity contribution in [3.05, 3.63) is 24.4 Å². The van der Waals surface area contributed by atoms with Gasteiger partial charge in [-0.05, 0) is 24.3 Å². The molecule has 18 heavy (non-hydrogen) atoms. The van der Waals surface area contributed by atoms with Crippen LogP contribution in [0.25, 0.3) is 0 Å². The number of hydrogen-bond donors (Lipinski definition) is 3. The maximum absolute atomic E-state index is 10.1. The van der Waals surface area contributed by atoms with Crippen LogP contribution < -0.4 is 11.1 Å². The molecular weight excluding hydrogens is 363 g/mol. The van der Waals surface area contributed by atoms with Crippen molar-refractivity contribution in [1.82, 2.24) is 4.98 Å². The van der Waals surface area contributed by atoms with Gasteiger partial charge in [0.25, 0.3) is 0 Å². The van der Waals surface area contributed by atoms with Crippen molar-refractivity contribution in [3.8, 4) is 0 Å². The van der Waals surface area contributed by atoms with Crippen LogP contribution in [0.5, 0.6) is 0 Å². The van der Waals surface area contributed by atoms with E-state index in [4.69, 9.17) is 5.73 Å². The van der Waals surface area contributed by atoms with Crippen molar-refractivity contribution in [3.63, 3.8) is 0 Å². The van der Waals surface area contributed by atoms with Crippen molar-refractivity contribution in [2.45, 2.75) is 12.0 Å². The second kappa shape index (κ2) is 7.15. The number of aromatic nitrogens is 1. The van der Waals surface area contributed by atoms with Gasteiger partial charge in [0, 0.05) is 11.9 Å². The van der Waals surface area contributed by atoms with E-state index >= 15 is 0 Å². The predicted octanol–water partition coefficient (Wildman–Crippen LogP) is 1.29. The highest BCUT2D eigenvalue weighted by molar-refractivity contribution is 14.0. The standard InChI is InChI=1S/C11H16N4OS.HI/c12-10(15-9-3-1-2-5-13-9)14-7-11(16)4-6-17-8-11;/h1-3,5,16H,4,6-8H2,(H3,12,13,14,15);1H. The van der Waals surface area contributed by atoms with Crippen molar-refractivity contribution in [1.29, 1.82) is 0 Å². The zero-order valence-electron chi connectivity index (χ0n) is 9.87. The molecule has 1 aromatic heterocycles. The lowest BCUT2D eigenvalue weighted by Gasteiger charge is -2.18. The van der Waals surface area contributed by atoms with Gasteiger partial charge in [-0.15, -0.1) is 24.0 Å². The minimum atomic E-state index is -0.693. The van der Waals surface area contributed by atoms with Crippen LogP contribution in [0, 0.1) is 0 Å². The number of nitrogens with one attached hydrogen (secondary N) is 1. The molecule has 0 aromatic carbocycles. The Balaban J connectivity index is 0.00000162. The number of halogens is 1. The fourth-order valence-electron chi connectivity index (χ4n) is 1.56. The number of nitrogens with zero attached hydrogens (tertiary/aromatic N) is 2. The zero-order chi connectivity index (χ0) is 12.1. The van der Waals surface area contributed by atoms with Gasteiger partial charge in [-0.25, -0.2) is 4.98 Å². The molecular formula is C11H17IN4OS. The molecule has 5 nitrogen and oxygen atoms in total. The third kappa shape index (κ3) is 4.62. The third-order valence-electron chi connectivity index (χ3n) is 2.55. The molecule has 1 unspecified atom stereocenters. The normalized spacial score (nSPS) is 23.5. The number of hydrogen-bond acceptors (Lipinski definition) is 4. The molecule has 2 rings (SSSR count). The van der Waals surface area contributed by atoms with Crippen LogP contribution in [-0.4, -0.2) is 39.7 Å². The molecule has 0 saturated carbocycles. The number of rotatable bonds is 3. The SMILES string of the molecule is I.NC(=NCC1(O)CCSC1)Nc1ccccn1. The Morgan fingerprint density at radius 3 is 3.06 bits per heavy atom. The van der Waals surface area contributed by atoms with E-state index < -0.39 is 5.60 Å². The van der Waals surface area contributed by atoms with Gasteiger partial charge in [0.2, 0.25) is 0 Å². The largest absolute Gasteiger partial charge is 0.387 e. The maximum Gasteiger partial charge on any atom is 0.194 e. The number of thioether (sulfide) groups is 1. The summed E-state index contributed by atoms with van der Waals surface area (Å²) in [6.07, 6.45) is 2.45. The number of aliphatic hydroxyl groups is 1. The van der Waals surface area contributed by atoms with Gasteiger partial charge < -0.3 is 16.2 Å². The monoisotopic (exact) mass is 380 g/mol. The highest BCUT2D eigenvalue weighted by Gasteiger charge is 2.31. The molecule has 1 aliphatic rings. The number of guanidine groups is 1. The average Bonchev–Trinajstić information content (AvgIpc) is 2.76. The van der Waals surface area contributed by atoms with Crippen LogP contribution in [0.2, 0.25) is 0 Å². The Bertz CT molecular complexity index is 395. The number of nitrogens with two attached hydrogens (primary N) is 1. The molecule has 0 aliphatic carbocycles. The lowest BCUT2D eigenvalue weighted by molar-refractivity contribution is 0.0780. The van der Waals surface area contributed by atoms with Gasteiger partial charge in [-0.1, -0.05) is 6.07 Å². The zero-order valence-corrected chi connectivity index (χ0v) is 13.0. The second-order valence-electron chi connectivity index (χ2n) is 4.07. The van der Waals surface area contributed by atoms with Crippen LogP contribution in [0.4, 0.5) is 5.82 Å². The van der Waals surface area contributed by atoms with Gasteiger partial charge in [0.05, 0.1) is 12.1 Å². The topological polar surface area (TPSA) is 83.5 Å². The molecule has 0 spiro atoms. The van der Waals surface area contributed by atoms with E-state index in [2.05, 4.69) is 15.3 Å². The molecule has 7 heteroatoms. The summed E-state index contributed by atoms with van der Waals surface area (Å²) in [4.78, 5) is 8.23. The molecule has 1 fully saturated rings. The Hall–Kier alpha value is -0.540. The van der Waals surface area contributed by atoms with Crippen LogP contribution in [0.1, 0.15) is 6.42 Å². The van der Waals surface area contributed by atoms with Crippen molar-refractivity contribution in [2.75, 3.05) is 23.4 Å². The van der Waals surface area contributed by atoms with E-state index in [0.717, 1.165) is 17.9 Å². The Labute approximate surface area is 128 Å². The fraction of sp³-hybridized carbons (Fsp3) is 0.455. The van der Waals surface area contributed by atoms with E-state index in [-0.39, 0.29) is 29.9 Å². The number of pyridine rings is 1. The summed E-state index contributed by atoms with van der Waals surface area (Å²) >= 11 is 1.74. The quantitative estimate of drug-likeness (QED) is 0.418. The van der Waals surface area contributed by atoms with Crippen LogP contribution in [0.3, 0.4) is 0 Å². The Morgan fingerprint density at radius 2 is 2.44 bits per heavy atom. The van der Waals surface area contributed by atoms with Gasteiger partial charge in [0.15, 0.2) is 5.96 Å². The number of aliphatic imine (C=N–C) groups is 1. The molecule has 2 heterocycles. The van der Waals surface area contributed by atoms with Gasteiger partial charge in [-0.2, -0.15) is 11.8 Å². The first-order valence-electron chi connectivity index (χ1n) is 5.46. The lowest BCUT2D eigenvalue weighted by atomic mass is 10.1. The molecule has 0 bridgehead atoms. The summed E-state index contributed by atoms with van der Waals surface area (Å²) in [5.41, 5.74) is 5.03. The molecule has 1 saturated heterocycles. The molecule has 0 radical (unpaired) electrons. The van der Waals surface area contributed by atoms with Crippen molar-refractivity contribution >= 4 is 47.5 Å². The summed E-state index contributed by atoms with van der Waals surface area (Å²) in [5, 5.41) is 13.0. The first-order valence-corrected chi connectivity index (χ1v) is 6.62.